The molecule has 0 unspecified atom stereocenters. The minimum atomic E-state index is -0.177. The summed E-state index contributed by atoms with van der Waals surface area (Å²) < 4.78 is 6.00. The van der Waals surface area contributed by atoms with E-state index >= 15 is 0 Å². The second-order valence-electron chi connectivity index (χ2n) is 5.94. The van der Waals surface area contributed by atoms with Crippen LogP contribution in [0.25, 0.3) is 0 Å². The van der Waals surface area contributed by atoms with Gasteiger partial charge in [-0.3, -0.25) is 15.0 Å². The molecule has 1 atom stereocenters. The molecule has 1 N–H and O–H groups in total. The highest BCUT2D eigenvalue weighted by Gasteiger charge is 2.27. The van der Waals surface area contributed by atoms with Gasteiger partial charge in [0.05, 0.1) is 18.8 Å². The summed E-state index contributed by atoms with van der Waals surface area (Å²) in [6.45, 7) is 4.31. The van der Waals surface area contributed by atoms with Gasteiger partial charge in [0.2, 0.25) is 11.0 Å². The lowest BCUT2D eigenvalue weighted by Crippen LogP contribution is -2.47. The Morgan fingerprint density at radius 1 is 1.38 bits per heavy atom. The fourth-order valence-corrected chi connectivity index (χ4v) is 3.27. The molecule has 0 spiro atoms. The Morgan fingerprint density at radius 2 is 2.12 bits per heavy atom. The Kier molecular flexibility index (Phi) is 5.90. The third-order valence-electron chi connectivity index (χ3n) is 4.32. The summed E-state index contributed by atoms with van der Waals surface area (Å²) in [7, 11) is 0. The zero-order chi connectivity index (χ0) is 16.8. The number of hydrogen-bond donors (Lipinski definition) is 1. The number of benzene rings is 1. The van der Waals surface area contributed by atoms with Gasteiger partial charge in [-0.25, -0.2) is 0 Å². The molecular formula is C17H22N4O2S. The van der Waals surface area contributed by atoms with E-state index in [9.17, 15) is 4.79 Å². The fourth-order valence-electron chi connectivity index (χ4n) is 2.82. The summed E-state index contributed by atoms with van der Waals surface area (Å²) in [6, 6.07) is 10.0. The van der Waals surface area contributed by atoms with Crippen molar-refractivity contribution >= 4 is 22.4 Å². The van der Waals surface area contributed by atoms with E-state index in [0.717, 1.165) is 25.9 Å². The van der Waals surface area contributed by atoms with E-state index in [1.165, 1.54) is 16.9 Å². The molecule has 6 nitrogen and oxygen atoms in total. The zero-order valence-corrected chi connectivity index (χ0v) is 14.5. The first-order chi connectivity index (χ1) is 11.7. The molecular weight excluding hydrogens is 324 g/mol. The number of anilines is 1. The van der Waals surface area contributed by atoms with Crippen LogP contribution in [0.15, 0.2) is 35.8 Å². The number of hydrogen-bond acceptors (Lipinski definition) is 6. The molecule has 1 aliphatic rings. The largest absolute Gasteiger partial charge is 0.373 e. The van der Waals surface area contributed by atoms with E-state index in [4.69, 9.17) is 4.74 Å². The van der Waals surface area contributed by atoms with Gasteiger partial charge in [0.15, 0.2) is 0 Å². The summed E-state index contributed by atoms with van der Waals surface area (Å²) in [5.74, 6) is -0.0320. The monoisotopic (exact) mass is 346 g/mol. The molecule has 1 amide bonds. The molecule has 2 heterocycles. The topological polar surface area (TPSA) is 67.4 Å². The van der Waals surface area contributed by atoms with Gasteiger partial charge in [0.1, 0.15) is 5.51 Å². The van der Waals surface area contributed by atoms with Crippen molar-refractivity contribution in [3.8, 4) is 0 Å². The lowest BCUT2D eigenvalue weighted by molar-refractivity contribution is -0.122. The summed E-state index contributed by atoms with van der Waals surface area (Å²) in [6.07, 6.45) is 2.16. The molecule has 1 aromatic heterocycles. The molecule has 0 bridgehead atoms. The summed E-state index contributed by atoms with van der Waals surface area (Å²) in [5, 5.41) is 10.9. The quantitative estimate of drug-likeness (QED) is 0.871. The van der Waals surface area contributed by atoms with E-state index in [0.29, 0.717) is 11.7 Å². The van der Waals surface area contributed by atoms with Crippen molar-refractivity contribution in [2.45, 2.75) is 38.5 Å². The Labute approximate surface area is 145 Å². The van der Waals surface area contributed by atoms with Crippen LogP contribution < -0.4 is 5.32 Å². The first-order valence-electron chi connectivity index (χ1n) is 8.19. The molecule has 1 fully saturated rings. The maximum Gasteiger partial charge on any atom is 0.243 e. The van der Waals surface area contributed by atoms with Crippen molar-refractivity contribution in [1.82, 2.24) is 15.1 Å². The maximum absolute atomic E-state index is 12.3. The first kappa shape index (κ1) is 17.0. The molecule has 1 saturated heterocycles. The Hall–Kier alpha value is -1.83. The fraction of sp³-hybridized carbons (Fsp3) is 0.471. The Balaban J connectivity index is 1.42. The van der Waals surface area contributed by atoms with Crippen molar-refractivity contribution in [3.05, 3.63) is 41.4 Å². The number of piperidine rings is 1. The van der Waals surface area contributed by atoms with Crippen LogP contribution >= 0.6 is 11.3 Å². The van der Waals surface area contributed by atoms with Crippen LogP contribution in [0.3, 0.4) is 0 Å². The Bertz CT molecular complexity index is 627. The standard InChI is InChI=1S/C17H22N4O2S/c1-13(16(22)19-17-20-18-12-24-17)21-9-7-15(8-10-21)23-11-14-5-3-2-4-6-14/h2-6,12-13,15H,7-11H2,1H3,(H,19,20,22)/t13-/m1/s1. The van der Waals surface area contributed by atoms with Crippen LogP contribution in [0.1, 0.15) is 25.3 Å². The molecule has 2 aromatic rings. The van der Waals surface area contributed by atoms with Crippen LogP contribution in [-0.4, -0.2) is 46.2 Å². The second-order valence-corrected chi connectivity index (χ2v) is 6.77. The molecule has 3 rings (SSSR count). The average molecular weight is 346 g/mol. The van der Waals surface area contributed by atoms with Crippen LogP contribution in [0, 0.1) is 0 Å². The summed E-state index contributed by atoms with van der Waals surface area (Å²) in [4.78, 5) is 14.4. The molecule has 0 radical (unpaired) electrons. The number of carbonyl (C=O) groups is 1. The van der Waals surface area contributed by atoms with E-state index in [-0.39, 0.29) is 18.1 Å². The average Bonchev–Trinajstić information content (AvgIpc) is 3.13. The predicted molar refractivity (Wildman–Crippen MR) is 93.8 cm³/mol. The number of amides is 1. The molecule has 1 aromatic carbocycles. The molecule has 7 heteroatoms. The number of nitrogens with zero attached hydrogens (tertiary/aromatic N) is 3. The van der Waals surface area contributed by atoms with Gasteiger partial charge in [0, 0.05) is 13.1 Å². The third kappa shape index (κ3) is 4.59. The lowest BCUT2D eigenvalue weighted by Gasteiger charge is -2.35. The van der Waals surface area contributed by atoms with Crippen LogP contribution in [0.4, 0.5) is 5.13 Å². The van der Waals surface area contributed by atoms with E-state index < -0.39 is 0 Å². The lowest BCUT2D eigenvalue weighted by atomic mass is 10.1. The number of ether oxygens (including phenoxy) is 1. The summed E-state index contributed by atoms with van der Waals surface area (Å²) >= 11 is 1.33. The van der Waals surface area contributed by atoms with Crippen LogP contribution in [0.5, 0.6) is 0 Å². The van der Waals surface area contributed by atoms with Crippen molar-refractivity contribution in [3.63, 3.8) is 0 Å². The number of rotatable bonds is 6. The SMILES string of the molecule is C[C@H](C(=O)Nc1nncs1)N1CCC(OCc2ccccc2)CC1. The van der Waals surface area contributed by atoms with Gasteiger partial charge in [-0.1, -0.05) is 41.7 Å². The van der Waals surface area contributed by atoms with E-state index in [1.807, 2.05) is 25.1 Å². The van der Waals surface area contributed by atoms with Gasteiger partial charge in [-0.05, 0) is 25.3 Å². The Morgan fingerprint density at radius 3 is 2.79 bits per heavy atom. The molecule has 128 valence electrons. The number of likely N-dealkylation sites (tertiary alicyclic amines) is 1. The normalized spacial score (nSPS) is 17.5. The van der Waals surface area contributed by atoms with Crippen LogP contribution in [0.2, 0.25) is 0 Å². The van der Waals surface area contributed by atoms with Crippen molar-refractivity contribution in [2.24, 2.45) is 0 Å². The first-order valence-corrected chi connectivity index (χ1v) is 9.07. The van der Waals surface area contributed by atoms with Gasteiger partial charge >= 0.3 is 0 Å². The predicted octanol–water partition coefficient (Wildman–Crippen LogP) is 2.55. The highest BCUT2D eigenvalue weighted by Crippen LogP contribution is 2.18. The minimum Gasteiger partial charge on any atom is -0.373 e. The molecule has 0 saturated carbocycles. The number of carbonyl (C=O) groups excluding carboxylic acids is 1. The minimum absolute atomic E-state index is 0.0320. The highest BCUT2D eigenvalue weighted by atomic mass is 32.1. The van der Waals surface area contributed by atoms with Crippen molar-refractivity contribution < 1.29 is 9.53 Å². The highest BCUT2D eigenvalue weighted by molar-refractivity contribution is 7.13. The van der Waals surface area contributed by atoms with Gasteiger partial charge < -0.3 is 4.74 Å². The van der Waals surface area contributed by atoms with Crippen molar-refractivity contribution in [1.29, 1.82) is 0 Å². The molecule has 24 heavy (non-hydrogen) atoms. The zero-order valence-electron chi connectivity index (χ0n) is 13.7. The van der Waals surface area contributed by atoms with E-state index in [1.54, 1.807) is 5.51 Å². The molecule has 1 aliphatic heterocycles. The third-order valence-corrected chi connectivity index (χ3v) is 4.93. The molecule has 0 aliphatic carbocycles. The maximum atomic E-state index is 12.3. The number of nitrogens with one attached hydrogen (secondary N) is 1. The summed E-state index contributed by atoms with van der Waals surface area (Å²) in [5.41, 5.74) is 2.81. The smallest absolute Gasteiger partial charge is 0.243 e. The number of aromatic nitrogens is 2. The second kappa shape index (κ2) is 8.32. The van der Waals surface area contributed by atoms with Gasteiger partial charge in [-0.2, -0.15) is 0 Å². The van der Waals surface area contributed by atoms with Crippen LogP contribution in [-0.2, 0) is 16.1 Å². The van der Waals surface area contributed by atoms with Gasteiger partial charge in [0.25, 0.3) is 0 Å². The van der Waals surface area contributed by atoms with Gasteiger partial charge in [-0.15, -0.1) is 10.2 Å². The van der Waals surface area contributed by atoms with E-state index in [2.05, 4.69) is 32.5 Å². The van der Waals surface area contributed by atoms with Crippen molar-refractivity contribution in [2.75, 3.05) is 18.4 Å².